The van der Waals surface area contributed by atoms with Crippen LogP contribution < -0.4 is 5.32 Å². The van der Waals surface area contributed by atoms with E-state index in [1.165, 1.54) is 10.4 Å². The molecule has 1 fully saturated rings. The zero-order chi connectivity index (χ0) is 23.4. The van der Waals surface area contributed by atoms with Crippen molar-refractivity contribution in [1.29, 1.82) is 5.26 Å². The molecule has 168 valence electrons. The van der Waals surface area contributed by atoms with E-state index in [9.17, 15) is 18.5 Å². The van der Waals surface area contributed by atoms with Gasteiger partial charge in [-0.15, -0.1) is 0 Å². The molecule has 7 heteroatoms. The van der Waals surface area contributed by atoms with Gasteiger partial charge in [0, 0.05) is 29.9 Å². The number of sulfonamides is 1. The molecule has 0 bridgehead atoms. The first-order chi connectivity index (χ1) is 15.9. The number of aryl methyl sites for hydroxylation is 1. The summed E-state index contributed by atoms with van der Waals surface area (Å²) in [6.45, 7) is 2.80. The lowest BCUT2D eigenvalue weighted by Crippen LogP contribution is -2.36. The number of anilines is 1. The highest BCUT2D eigenvalue weighted by atomic mass is 32.2. The van der Waals surface area contributed by atoms with Crippen LogP contribution in [0.2, 0.25) is 0 Å². The van der Waals surface area contributed by atoms with Crippen molar-refractivity contribution < 1.29 is 13.2 Å². The molecule has 1 amide bonds. The Morgan fingerprint density at radius 3 is 2.33 bits per heavy atom. The van der Waals surface area contributed by atoms with Gasteiger partial charge in [0.25, 0.3) is 5.91 Å². The molecule has 3 aromatic carbocycles. The molecule has 0 aromatic heterocycles. The van der Waals surface area contributed by atoms with Gasteiger partial charge in [0.1, 0.15) is 0 Å². The van der Waals surface area contributed by atoms with Crippen LogP contribution in [0, 0.1) is 18.3 Å². The maximum atomic E-state index is 13.2. The summed E-state index contributed by atoms with van der Waals surface area (Å²) in [6, 6.07) is 21.3. The maximum Gasteiger partial charge on any atom is 0.256 e. The fraction of sp³-hybridized carbons (Fsp3) is 0.231. The zero-order valence-corrected chi connectivity index (χ0v) is 19.2. The summed E-state index contributed by atoms with van der Waals surface area (Å²) in [5.74, 6) is -0.372. The maximum absolute atomic E-state index is 13.2. The minimum atomic E-state index is -3.63. The van der Waals surface area contributed by atoms with Crippen LogP contribution in [0.1, 0.15) is 40.7 Å². The lowest BCUT2D eigenvalue weighted by Gasteiger charge is -2.26. The van der Waals surface area contributed by atoms with Crippen LogP contribution >= 0.6 is 0 Å². The monoisotopic (exact) mass is 459 g/mol. The summed E-state index contributed by atoms with van der Waals surface area (Å²) in [6.07, 6.45) is 2.75. The Kier molecular flexibility index (Phi) is 6.59. The largest absolute Gasteiger partial charge is 0.322 e. The van der Waals surface area contributed by atoms with Crippen molar-refractivity contribution in [2.24, 2.45) is 0 Å². The van der Waals surface area contributed by atoms with Crippen LogP contribution in [0.15, 0.2) is 71.6 Å². The topological polar surface area (TPSA) is 90.3 Å². The third-order valence-corrected chi connectivity index (χ3v) is 7.93. The van der Waals surface area contributed by atoms with Crippen molar-refractivity contribution in [3.05, 3.63) is 83.4 Å². The van der Waals surface area contributed by atoms with Crippen LogP contribution in [0.3, 0.4) is 0 Å². The fourth-order valence-electron chi connectivity index (χ4n) is 4.13. The number of amides is 1. The second kappa shape index (κ2) is 9.57. The van der Waals surface area contributed by atoms with E-state index in [-0.39, 0.29) is 10.8 Å². The molecular weight excluding hydrogens is 434 g/mol. The highest BCUT2D eigenvalue weighted by Gasteiger charge is 2.28. The molecule has 1 saturated heterocycles. The summed E-state index contributed by atoms with van der Waals surface area (Å²) in [4.78, 5) is 13.4. The van der Waals surface area contributed by atoms with Gasteiger partial charge in [0.05, 0.1) is 16.5 Å². The van der Waals surface area contributed by atoms with E-state index in [2.05, 4.69) is 11.4 Å². The molecule has 1 heterocycles. The Morgan fingerprint density at radius 2 is 1.61 bits per heavy atom. The van der Waals surface area contributed by atoms with Gasteiger partial charge in [-0.3, -0.25) is 4.79 Å². The second-order valence-corrected chi connectivity index (χ2v) is 10.0. The molecule has 0 radical (unpaired) electrons. The Morgan fingerprint density at radius 1 is 0.939 bits per heavy atom. The highest BCUT2D eigenvalue weighted by Crippen LogP contribution is 2.29. The normalized spacial score (nSPS) is 14.4. The lowest BCUT2D eigenvalue weighted by atomic mass is 9.95. The second-order valence-electron chi connectivity index (χ2n) is 8.10. The quantitative estimate of drug-likeness (QED) is 0.584. The van der Waals surface area contributed by atoms with Gasteiger partial charge < -0.3 is 5.32 Å². The smallest absolute Gasteiger partial charge is 0.256 e. The third kappa shape index (κ3) is 4.68. The first-order valence-electron chi connectivity index (χ1n) is 10.9. The summed E-state index contributed by atoms with van der Waals surface area (Å²) in [5, 5.41) is 12.3. The van der Waals surface area contributed by atoms with E-state index < -0.39 is 10.0 Å². The average Bonchev–Trinajstić information content (AvgIpc) is 2.85. The van der Waals surface area contributed by atoms with Crippen LogP contribution in [0.4, 0.5) is 5.69 Å². The molecular formula is C26H25N3O3S. The number of nitrogens with zero attached hydrogens (tertiary/aromatic N) is 2. The number of nitrogens with one attached hydrogen (secondary N) is 1. The Labute approximate surface area is 194 Å². The summed E-state index contributed by atoms with van der Waals surface area (Å²) < 4.78 is 27.9. The molecule has 4 rings (SSSR count). The molecule has 3 aromatic rings. The minimum Gasteiger partial charge on any atom is -0.322 e. The van der Waals surface area contributed by atoms with Gasteiger partial charge in [-0.2, -0.15) is 9.57 Å². The molecule has 0 spiro atoms. The molecule has 6 nitrogen and oxygen atoms in total. The number of carbonyl (C=O) groups excluding carboxylic acids is 1. The van der Waals surface area contributed by atoms with Crippen molar-refractivity contribution in [1.82, 2.24) is 4.31 Å². The van der Waals surface area contributed by atoms with E-state index in [4.69, 9.17) is 0 Å². The van der Waals surface area contributed by atoms with E-state index in [0.29, 0.717) is 46.6 Å². The molecule has 33 heavy (non-hydrogen) atoms. The molecule has 0 atom stereocenters. The Hall–Kier alpha value is -3.47. The van der Waals surface area contributed by atoms with E-state index in [0.717, 1.165) is 19.3 Å². The van der Waals surface area contributed by atoms with Gasteiger partial charge in [-0.25, -0.2) is 8.42 Å². The van der Waals surface area contributed by atoms with Crippen molar-refractivity contribution in [2.45, 2.75) is 31.1 Å². The highest BCUT2D eigenvalue weighted by molar-refractivity contribution is 7.89. The number of hydrogen-bond donors (Lipinski definition) is 1. The number of nitriles is 1. The third-order valence-electron chi connectivity index (χ3n) is 5.89. The molecule has 1 N–H and O–H groups in total. The zero-order valence-electron chi connectivity index (χ0n) is 18.4. The molecule has 1 aliphatic rings. The van der Waals surface area contributed by atoms with Gasteiger partial charge >= 0.3 is 0 Å². The average molecular weight is 460 g/mol. The predicted molar refractivity (Wildman–Crippen MR) is 128 cm³/mol. The van der Waals surface area contributed by atoms with Gasteiger partial charge in [0.15, 0.2) is 0 Å². The SMILES string of the molecule is Cc1ccc(NC(=O)c2ccccc2-c2ccccc2C#N)cc1S(=O)(=O)N1CCCCC1. The van der Waals surface area contributed by atoms with E-state index in [1.807, 2.05) is 12.1 Å². The molecule has 1 aliphatic heterocycles. The number of hydrogen-bond acceptors (Lipinski definition) is 4. The molecule has 0 unspecified atom stereocenters. The number of piperidine rings is 1. The van der Waals surface area contributed by atoms with E-state index >= 15 is 0 Å². The van der Waals surface area contributed by atoms with Crippen molar-refractivity contribution in [3.8, 4) is 17.2 Å². The first kappa shape index (κ1) is 22.7. The van der Waals surface area contributed by atoms with Crippen LogP contribution in [0.25, 0.3) is 11.1 Å². The van der Waals surface area contributed by atoms with Crippen molar-refractivity contribution >= 4 is 21.6 Å². The van der Waals surface area contributed by atoms with Crippen molar-refractivity contribution in [3.63, 3.8) is 0 Å². The lowest BCUT2D eigenvalue weighted by molar-refractivity contribution is 0.102. The van der Waals surface area contributed by atoms with Crippen LogP contribution in [0.5, 0.6) is 0 Å². The first-order valence-corrected chi connectivity index (χ1v) is 12.4. The number of rotatable bonds is 5. The number of carbonyl (C=O) groups is 1. The fourth-order valence-corrected chi connectivity index (χ4v) is 5.90. The van der Waals surface area contributed by atoms with Crippen LogP contribution in [-0.4, -0.2) is 31.7 Å². The van der Waals surface area contributed by atoms with Gasteiger partial charge in [-0.1, -0.05) is 48.9 Å². The predicted octanol–water partition coefficient (Wildman–Crippen LogP) is 4.96. The molecule has 0 aliphatic carbocycles. The van der Waals surface area contributed by atoms with E-state index in [1.54, 1.807) is 55.5 Å². The number of benzene rings is 3. The standard InChI is InChI=1S/C26H25N3O3S/c1-19-13-14-21(17-25(19)33(31,32)29-15-7-2-8-16-29)28-26(30)24-12-6-5-11-23(24)22-10-4-3-9-20(22)18-27/h3-6,9-14,17H,2,7-8,15-16H2,1H3,(H,28,30). The summed E-state index contributed by atoms with van der Waals surface area (Å²) in [5.41, 5.74) is 3.24. The molecule has 0 saturated carbocycles. The van der Waals surface area contributed by atoms with Crippen molar-refractivity contribution in [2.75, 3.05) is 18.4 Å². The Bertz CT molecular complexity index is 1340. The Balaban J connectivity index is 1.66. The summed E-state index contributed by atoms with van der Waals surface area (Å²) in [7, 11) is -3.63. The van der Waals surface area contributed by atoms with Gasteiger partial charge in [-0.05, 0) is 55.2 Å². The minimum absolute atomic E-state index is 0.213. The van der Waals surface area contributed by atoms with Crippen LogP contribution in [-0.2, 0) is 10.0 Å². The van der Waals surface area contributed by atoms with Gasteiger partial charge in [0.2, 0.25) is 10.0 Å². The summed E-state index contributed by atoms with van der Waals surface area (Å²) >= 11 is 0.